The topological polar surface area (TPSA) is 78.6 Å². The number of oxazole rings is 1. The Morgan fingerprint density at radius 2 is 2.07 bits per heavy atom. The molecule has 1 atom stereocenters. The van der Waals surface area contributed by atoms with E-state index in [1.807, 2.05) is 30.3 Å². The van der Waals surface area contributed by atoms with E-state index in [1.54, 1.807) is 17.0 Å². The van der Waals surface area contributed by atoms with Gasteiger partial charge in [-0.3, -0.25) is 4.79 Å². The molecule has 3 aromatic rings. The lowest BCUT2D eigenvalue weighted by atomic mass is 10.0. The van der Waals surface area contributed by atoms with Crippen molar-refractivity contribution < 1.29 is 18.7 Å². The second kappa shape index (κ2) is 7.59. The number of carbonyl (C=O) groups is 1. The average molecular weight is 383 g/mol. The molecule has 2 heterocycles. The number of benzene rings is 2. The van der Waals surface area contributed by atoms with Crippen LogP contribution < -0.4 is 10.2 Å². The third-order valence-electron chi connectivity index (χ3n) is 5.06. The molecule has 1 unspecified atom stereocenters. The lowest BCUT2D eigenvalue weighted by molar-refractivity contribution is -0.122. The van der Waals surface area contributed by atoms with Gasteiger partial charge >= 0.3 is 0 Å². The second-order valence-corrected chi connectivity index (χ2v) is 7.24. The Bertz CT molecular complexity index is 975. The van der Waals surface area contributed by atoms with E-state index in [-0.39, 0.29) is 30.5 Å². The summed E-state index contributed by atoms with van der Waals surface area (Å²) in [5.41, 5.74) is 0.593. The number of fused-ring (bicyclic) bond motifs is 1. The van der Waals surface area contributed by atoms with Crippen LogP contribution in [0.5, 0.6) is 0 Å². The minimum atomic E-state index is -1.07. The highest BCUT2D eigenvalue weighted by atomic mass is 19.1. The highest BCUT2D eigenvalue weighted by Gasteiger charge is 2.38. The molecule has 1 saturated heterocycles. The van der Waals surface area contributed by atoms with Gasteiger partial charge in [-0.25, -0.2) is 4.39 Å². The van der Waals surface area contributed by atoms with Crippen molar-refractivity contribution in [3.63, 3.8) is 0 Å². The number of hydrogen-bond donors (Lipinski definition) is 2. The first-order chi connectivity index (χ1) is 13.5. The molecule has 4 rings (SSSR count). The SMILES string of the molecule is O=C(CCc1ccccc1)NCC1(O)CCN(c2nc3c(F)cccc3o2)C1. The summed E-state index contributed by atoms with van der Waals surface area (Å²) in [4.78, 5) is 18.1. The Balaban J connectivity index is 1.32. The van der Waals surface area contributed by atoms with Gasteiger partial charge in [0.15, 0.2) is 11.4 Å². The maximum Gasteiger partial charge on any atom is 0.298 e. The van der Waals surface area contributed by atoms with Crippen molar-refractivity contribution in [2.45, 2.75) is 24.9 Å². The van der Waals surface area contributed by atoms with Crippen LogP contribution >= 0.6 is 0 Å². The molecule has 2 N–H and O–H groups in total. The molecule has 6 nitrogen and oxygen atoms in total. The van der Waals surface area contributed by atoms with Gasteiger partial charge in [0.25, 0.3) is 6.01 Å². The predicted octanol–water partition coefficient (Wildman–Crippen LogP) is 2.66. The lowest BCUT2D eigenvalue weighted by Crippen LogP contribution is -2.45. The number of nitrogens with zero attached hydrogens (tertiary/aromatic N) is 2. The number of halogens is 1. The zero-order valence-electron chi connectivity index (χ0n) is 15.4. The van der Waals surface area contributed by atoms with Crippen LogP contribution in [0, 0.1) is 5.82 Å². The maximum absolute atomic E-state index is 13.8. The fraction of sp³-hybridized carbons (Fsp3) is 0.333. The number of amides is 1. The smallest absolute Gasteiger partial charge is 0.298 e. The maximum atomic E-state index is 13.8. The average Bonchev–Trinajstić information content (AvgIpc) is 3.31. The highest BCUT2D eigenvalue weighted by molar-refractivity contribution is 5.76. The van der Waals surface area contributed by atoms with E-state index in [9.17, 15) is 14.3 Å². The molecule has 146 valence electrons. The molecule has 1 aliphatic heterocycles. The first kappa shape index (κ1) is 18.4. The summed E-state index contributed by atoms with van der Waals surface area (Å²) in [6.07, 6.45) is 1.49. The molecule has 1 amide bonds. The predicted molar refractivity (Wildman–Crippen MR) is 104 cm³/mol. The van der Waals surface area contributed by atoms with Crippen LogP contribution in [0.15, 0.2) is 52.9 Å². The molecule has 0 aliphatic carbocycles. The van der Waals surface area contributed by atoms with Gasteiger partial charge in [0.05, 0.1) is 6.54 Å². The van der Waals surface area contributed by atoms with Crippen molar-refractivity contribution in [1.82, 2.24) is 10.3 Å². The zero-order chi connectivity index (χ0) is 19.6. The van der Waals surface area contributed by atoms with Crippen LogP contribution in [-0.2, 0) is 11.2 Å². The minimum Gasteiger partial charge on any atom is -0.423 e. The van der Waals surface area contributed by atoms with Crippen LogP contribution in [0.25, 0.3) is 11.1 Å². The molecule has 28 heavy (non-hydrogen) atoms. The normalized spacial score (nSPS) is 19.3. The molecule has 0 bridgehead atoms. The summed E-state index contributed by atoms with van der Waals surface area (Å²) in [6, 6.07) is 14.6. The molecular weight excluding hydrogens is 361 g/mol. The molecule has 1 aliphatic rings. The van der Waals surface area contributed by atoms with E-state index in [1.165, 1.54) is 6.07 Å². The van der Waals surface area contributed by atoms with Crippen molar-refractivity contribution in [3.05, 3.63) is 59.9 Å². The lowest BCUT2D eigenvalue weighted by Gasteiger charge is -2.23. The molecule has 0 radical (unpaired) electrons. The van der Waals surface area contributed by atoms with Gasteiger partial charge in [0, 0.05) is 19.5 Å². The Kier molecular flexibility index (Phi) is 5.00. The Morgan fingerprint density at radius 1 is 1.25 bits per heavy atom. The standard InChI is InChI=1S/C21H22FN3O3/c22-16-7-4-8-17-19(16)24-20(28-17)25-12-11-21(27,14-25)13-23-18(26)10-9-15-5-2-1-3-6-15/h1-8,27H,9-14H2,(H,23,26). The van der Waals surface area contributed by atoms with Crippen molar-refractivity contribution in [2.75, 3.05) is 24.5 Å². The second-order valence-electron chi connectivity index (χ2n) is 7.24. The van der Waals surface area contributed by atoms with Crippen molar-refractivity contribution in [1.29, 1.82) is 0 Å². The number of rotatable bonds is 6. The van der Waals surface area contributed by atoms with E-state index < -0.39 is 11.4 Å². The quantitative estimate of drug-likeness (QED) is 0.684. The van der Waals surface area contributed by atoms with E-state index in [2.05, 4.69) is 10.3 Å². The van der Waals surface area contributed by atoms with Crippen LogP contribution in [0.1, 0.15) is 18.4 Å². The van der Waals surface area contributed by atoms with Gasteiger partial charge in [-0.05, 0) is 30.5 Å². The molecular formula is C21H22FN3O3. The number of anilines is 1. The first-order valence-electron chi connectivity index (χ1n) is 9.35. The summed E-state index contributed by atoms with van der Waals surface area (Å²) in [7, 11) is 0. The van der Waals surface area contributed by atoms with Crippen molar-refractivity contribution in [2.24, 2.45) is 0 Å². The number of hydrogen-bond acceptors (Lipinski definition) is 5. The number of carbonyl (C=O) groups excluding carboxylic acids is 1. The Hall–Kier alpha value is -2.93. The van der Waals surface area contributed by atoms with Crippen LogP contribution in [0.2, 0.25) is 0 Å². The summed E-state index contributed by atoms with van der Waals surface area (Å²) in [5, 5.41) is 13.6. The Morgan fingerprint density at radius 3 is 2.86 bits per heavy atom. The molecule has 7 heteroatoms. The number of aliphatic hydroxyl groups is 1. The summed E-state index contributed by atoms with van der Waals surface area (Å²) in [6.45, 7) is 0.941. The van der Waals surface area contributed by atoms with Crippen LogP contribution in [0.4, 0.5) is 10.4 Å². The van der Waals surface area contributed by atoms with Gasteiger partial charge < -0.3 is 19.7 Å². The van der Waals surface area contributed by atoms with Crippen LogP contribution in [0.3, 0.4) is 0 Å². The van der Waals surface area contributed by atoms with Crippen molar-refractivity contribution >= 4 is 23.0 Å². The van der Waals surface area contributed by atoms with E-state index in [0.29, 0.717) is 31.4 Å². The van der Waals surface area contributed by atoms with E-state index in [4.69, 9.17) is 4.42 Å². The molecule has 2 aromatic carbocycles. The van der Waals surface area contributed by atoms with Gasteiger partial charge in [-0.1, -0.05) is 36.4 Å². The fourth-order valence-electron chi connectivity index (χ4n) is 3.46. The number of β-amino-alcohol motifs (C(OH)–C–C–N with tert-alkyl or cyclic N) is 1. The Labute approximate surface area is 162 Å². The van der Waals surface area contributed by atoms with Gasteiger partial charge in [-0.15, -0.1) is 0 Å². The number of aromatic nitrogens is 1. The molecule has 0 spiro atoms. The third kappa shape index (κ3) is 3.99. The molecule has 1 fully saturated rings. The first-order valence-corrected chi connectivity index (χ1v) is 9.35. The molecule has 0 saturated carbocycles. The third-order valence-corrected chi connectivity index (χ3v) is 5.06. The molecule has 1 aromatic heterocycles. The number of aryl methyl sites for hydroxylation is 1. The fourth-order valence-corrected chi connectivity index (χ4v) is 3.46. The zero-order valence-corrected chi connectivity index (χ0v) is 15.4. The number of nitrogens with one attached hydrogen (secondary N) is 1. The summed E-state index contributed by atoms with van der Waals surface area (Å²) < 4.78 is 19.4. The largest absolute Gasteiger partial charge is 0.423 e. The van der Waals surface area contributed by atoms with Gasteiger partial charge in [0.2, 0.25) is 5.91 Å². The highest BCUT2D eigenvalue weighted by Crippen LogP contribution is 2.29. The van der Waals surface area contributed by atoms with E-state index >= 15 is 0 Å². The van der Waals surface area contributed by atoms with Gasteiger partial charge in [0.1, 0.15) is 11.1 Å². The minimum absolute atomic E-state index is 0.0975. The van der Waals surface area contributed by atoms with Crippen LogP contribution in [-0.4, -0.2) is 41.2 Å². The monoisotopic (exact) mass is 383 g/mol. The van der Waals surface area contributed by atoms with Crippen molar-refractivity contribution in [3.8, 4) is 0 Å². The summed E-state index contributed by atoms with van der Waals surface area (Å²) >= 11 is 0. The van der Waals surface area contributed by atoms with E-state index in [0.717, 1.165) is 5.56 Å². The summed E-state index contributed by atoms with van der Waals surface area (Å²) in [5.74, 6) is -0.535. The number of para-hydroxylation sites is 1. The van der Waals surface area contributed by atoms with Gasteiger partial charge in [-0.2, -0.15) is 4.98 Å².